The van der Waals surface area contributed by atoms with Gasteiger partial charge in [0.1, 0.15) is 10.8 Å². The van der Waals surface area contributed by atoms with Crippen LogP contribution in [0.2, 0.25) is 0 Å². The van der Waals surface area contributed by atoms with E-state index >= 15 is 0 Å². The number of ether oxygens (including phenoxy) is 1. The number of aryl methyl sites for hydroxylation is 2. The zero-order chi connectivity index (χ0) is 13.5. The van der Waals surface area contributed by atoms with Crippen molar-refractivity contribution in [2.75, 3.05) is 7.11 Å². The second-order valence-corrected chi connectivity index (χ2v) is 6.00. The molecule has 3 rings (SSSR count). The van der Waals surface area contributed by atoms with Gasteiger partial charge in [-0.25, -0.2) is 4.98 Å². The van der Waals surface area contributed by atoms with Crippen molar-refractivity contribution in [2.24, 2.45) is 5.73 Å². The van der Waals surface area contributed by atoms with E-state index in [-0.39, 0.29) is 0 Å². The van der Waals surface area contributed by atoms with Gasteiger partial charge in [0.05, 0.1) is 12.6 Å². The van der Waals surface area contributed by atoms with Crippen LogP contribution >= 0.6 is 11.3 Å². The van der Waals surface area contributed by atoms with E-state index in [1.165, 1.54) is 11.1 Å². The topological polar surface area (TPSA) is 48.1 Å². The first kappa shape index (κ1) is 12.6. The van der Waals surface area contributed by atoms with Crippen LogP contribution in [0.5, 0.6) is 5.75 Å². The summed E-state index contributed by atoms with van der Waals surface area (Å²) in [6.07, 6.45) is 3.14. The van der Waals surface area contributed by atoms with Crippen LogP contribution in [0.1, 0.15) is 34.7 Å². The zero-order valence-corrected chi connectivity index (χ0v) is 12.1. The lowest BCUT2D eigenvalue weighted by Crippen LogP contribution is -2.41. The summed E-state index contributed by atoms with van der Waals surface area (Å²) in [7, 11) is 1.69. The molecule has 0 saturated heterocycles. The fraction of sp³-hybridized carbons (Fsp3) is 0.400. The summed E-state index contributed by atoms with van der Waals surface area (Å²) >= 11 is 1.66. The van der Waals surface area contributed by atoms with Crippen LogP contribution in [0.3, 0.4) is 0 Å². The van der Waals surface area contributed by atoms with Crippen molar-refractivity contribution in [3.05, 3.63) is 45.4 Å². The molecule has 0 amide bonds. The van der Waals surface area contributed by atoms with E-state index in [0.29, 0.717) is 0 Å². The van der Waals surface area contributed by atoms with Gasteiger partial charge in [0, 0.05) is 11.1 Å². The summed E-state index contributed by atoms with van der Waals surface area (Å²) in [5.41, 5.74) is 9.80. The summed E-state index contributed by atoms with van der Waals surface area (Å²) in [5.74, 6) is 0.865. The van der Waals surface area contributed by atoms with Crippen molar-refractivity contribution in [1.29, 1.82) is 0 Å². The van der Waals surface area contributed by atoms with E-state index in [4.69, 9.17) is 10.5 Å². The fourth-order valence-corrected chi connectivity index (χ4v) is 3.74. The van der Waals surface area contributed by atoms with E-state index < -0.39 is 5.54 Å². The molecule has 2 aromatic rings. The Morgan fingerprint density at radius 2 is 2.26 bits per heavy atom. The summed E-state index contributed by atoms with van der Waals surface area (Å²) in [6.45, 7) is 2.01. The molecule has 3 nitrogen and oxygen atoms in total. The van der Waals surface area contributed by atoms with Crippen LogP contribution in [-0.4, -0.2) is 12.1 Å². The lowest BCUT2D eigenvalue weighted by atomic mass is 9.77. The monoisotopic (exact) mass is 274 g/mol. The lowest BCUT2D eigenvalue weighted by molar-refractivity contribution is 0.404. The molecule has 0 aliphatic heterocycles. The molecule has 1 unspecified atom stereocenters. The number of thiazole rings is 1. The molecule has 2 N–H and O–H groups in total. The molecule has 4 heteroatoms. The number of methoxy groups -OCH3 is 1. The number of aromatic nitrogens is 1. The van der Waals surface area contributed by atoms with Gasteiger partial charge in [-0.05, 0) is 49.4 Å². The summed E-state index contributed by atoms with van der Waals surface area (Å²) < 4.78 is 5.34. The highest BCUT2D eigenvalue weighted by molar-refractivity contribution is 7.09. The van der Waals surface area contributed by atoms with Crippen LogP contribution < -0.4 is 10.5 Å². The highest BCUT2D eigenvalue weighted by Gasteiger charge is 2.37. The van der Waals surface area contributed by atoms with Crippen molar-refractivity contribution >= 4 is 11.3 Å². The Hall–Kier alpha value is -1.39. The summed E-state index contributed by atoms with van der Waals surface area (Å²) in [4.78, 5) is 4.61. The molecular weight excluding hydrogens is 256 g/mol. The normalized spacial score (nSPS) is 22.1. The van der Waals surface area contributed by atoms with Crippen molar-refractivity contribution < 1.29 is 4.74 Å². The van der Waals surface area contributed by atoms with Crippen molar-refractivity contribution in [1.82, 2.24) is 4.98 Å². The fourth-order valence-electron chi connectivity index (χ4n) is 2.79. The summed E-state index contributed by atoms with van der Waals surface area (Å²) in [5, 5.41) is 3.08. The molecule has 0 saturated carbocycles. The Labute approximate surface area is 117 Å². The van der Waals surface area contributed by atoms with Gasteiger partial charge in [-0.3, -0.25) is 0 Å². The van der Waals surface area contributed by atoms with Crippen molar-refractivity contribution in [3.8, 4) is 5.75 Å². The van der Waals surface area contributed by atoms with E-state index in [1.54, 1.807) is 18.4 Å². The first-order valence-corrected chi connectivity index (χ1v) is 7.40. The molecule has 1 aromatic heterocycles. The second-order valence-electron chi connectivity index (χ2n) is 5.14. The molecule has 1 heterocycles. The standard InChI is InChI=1S/C15H18N2OS/c1-10-9-19-14(17-10)15(16)7-3-4-11-5-6-12(18-2)8-13(11)15/h5-6,8-9H,3-4,7,16H2,1-2H3. The molecule has 100 valence electrons. The van der Waals surface area contributed by atoms with Crippen LogP contribution in [0.25, 0.3) is 0 Å². The molecule has 0 spiro atoms. The number of hydrogen-bond donors (Lipinski definition) is 1. The minimum Gasteiger partial charge on any atom is -0.497 e. The Morgan fingerprint density at radius 3 is 2.95 bits per heavy atom. The van der Waals surface area contributed by atoms with Crippen LogP contribution in [0.15, 0.2) is 23.6 Å². The minimum absolute atomic E-state index is 0.457. The number of nitrogens with two attached hydrogens (primary N) is 1. The smallest absolute Gasteiger partial charge is 0.119 e. The third kappa shape index (κ3) is 2.05. The van der Waals surface area contributed by atoms with Gasteiger partial charge in [0.15, 0.2) is 0 Å². The Kier molecular flexibility index (Phi) is 3.07. The number of fused-ring (bicyclic) bond motifs is 1. The maximum absolute atomic E-state index is 6.72. The quantitative estimate of drug-likeness (QED) is 0.915. The van der Waals surface area contributed by atoms with Crippen LogP contribution in [0.4, 0.5) is 0 Å². The van der Waals surface area contributed by atoms with Crippen LogP contribution in [0, 0.1) is 6.92 Å². The highest BCUT2D eigenvalue weighted by atomic mass is 32.1. The van der Waals surface area contributed by atoms with Gasteiger partial charge < -0.3 is 10.5 Å². The van der Waals surface area contributed by atoms with Gasteiger partial charge >= 0.3 is 0 Å². The zero-order valence-electron chi connectivity index (χ0n) is 11.3. The van der Waals surface area contributed by atoms with E-state index in [9.17, 15) is 0 Å². The van der Waals surface area contributed by atoms with Gasteiger partial charge in [0.25, 0.3) is 0 Å². The molecule has 0 fully saturated rings. The first-order chi connectivity index (χ1) is 9.13. The number of hydrogen-bond acceptors (Lipinski definition) is 4. The van der Waals surface area contributed by atoms with Gasteiger partial charge in [-0.2, -0.15) is 0 Å². The largest absolute Gasteiger partial charge is 0.497 e. The van der Waals surface area contributed by atoms with Crippen LogP contribution in [-0.2, 0) is 12.0 Å². The third-order valence-electron chi connectivity index (χ3n) is 3.82. The molecule has 1 aliphatic rings. The van der Waals surface area contributed by atoms with Crippen molar-refractivity contribution in [2.45, 2.75) is 31.7 Å². The Morgan fingerprint density at radius 1 is 1.42 bits per heavy atom. The highest BCUT2D eigenvalue weighted by Crippen LogP contribution is 2.41. The average Bonchev–Trinajstić information content (AvgIpc) is 2.86. The molecule has 1 aromatic carbocycles. The van der Waals surface area contributed by atoms with E-state index in [2.05, 4.69) is 22.5 Å². The van der Waals surface area contributed by atoms with E-state index in [0.717, 1.165) is 35.7 Å². The SMILES string of the molecule is COc1ccc2c(c1)C(N)(c1nc(C)cs1)CCC2. The lowest BCUT2D eigenvalue weighted by Gasteiger charge is -2.34. The summed E-state index contributed by atoms with van der Waals surface area (Å²) in [6, 6.07) is 6.22. The maximum atomic E-state index is 6.72. The predicted molar refractivity (Wildman–Crippen MR) is 77.8 cm³/mol. The minimum atomic E-state index is -0.457. The number of benzene rings is 1. The third-order valence-corrected chi connectivity index (χ3v) is 4.95. The number of rotatable bonds is 2. The maximum Gasteiger partial charge on any atom is 0.119 e. The van der Waals surface area contributed by atoms with Gasteiger partial charge in [-0.15, -0.1) is 11.3 Å². The van der Waals surface area contributed by atoms with Gasteiger partial charge in [-0.1, -0.05) is 6.07 Å². The molecular formula is C15H18N2OS. The van der Waals surface area contributed by atoms with Crippen molar-refractivity contribution in [3.63, 3.8) is 0 Å². The first-order valence-electron chi connectivity index (χ1n) is 6.52. The van der Waals surface area contributed by atoms with E-state index in [1.807, 2.05) is 13.0 Å². The Balaban J connectivity index is 2.15. The average molecular weight is 274 g/mol. The Bertz CT molecular complexity index is 608. The van der Waals surface area contributed by atoms with Gasteiger partial charge in [0.2, 0.25) is 0 Å². The molecule has 1 atom stereocenters. The molecule has 1 aliphatic carbocycles. The molecule has 19 heavy (non-hydrogen) atoms. The number of nitrogens with zero attached hydrogens (tertiary/aromatic N) is 1. The second kappa shape index (κ2) is 4.62. The molecule has 0 radical (unpaired) electrons. The molecule has 0 bridgehead atoms. The predicted octanol–water partition coefficient (Wildman–Crippen LogP) is 3.00.